The van der Waals surface area contributed by atoms with Gasteiger partial charge in [0.2, 0.25) is 0 Å². The van der Waals surface area contributed by atoms with Gasteiger partial charge >= 0.3 is 0 Å². The molecule has 1 aromatic heterocycles. The summed E-state index contributed by atoms with van der Waals surface area (Å²) in [6, 6.07) is 0.0284. The molecule has 1 fully saturated rings. The van der Waals surface area contributed by atoms with Crippen LogP contribution >= 0.6 is 0 Å². The number of nitrogens with one attached hydrogen (secondary N) is 1. The molecule has 0 bridgehead atoms. The number of sulfone groups is 1. The van der Waals surface area contributed by atoms with Crippen LogP contribution < -0.4 is 5.32 Å². The van der Waals surface area contributed by atoms with Crippen LogP contribution in [-0.4, -0.2) is 42.8 Å². The quantitative estimate of drug-likeness (QED) is 0.780. The van der Waals surface area contributed by atoms with Crippen LogP contribution in [0.4, 0.5) is 0 Å². The molecule has 6 heteroatoms. The van der Waals surface area contributed by atoms with Crippen LogP contribution in [0, 0.1) is 13.8 Å². The van der Waals surface area contributed by atoms with Crippen molar-refractivity contribution in [3.05, 3.63) is 17.0 Å². The molecule has 1 aliphatic rings. The van der Waals surface area contributed by atoms with Crippen molar-refractivity contribution in [2.45, 2.75) is 52.5 Å². The Morgan fingerprint density at radius 3 is 2.71 bits per heavy atom. The maximum Gasteiger partial charge on any atom is 0.152 e. The smallest absolute Gasteiger partial charge is 0.152 e. The molecule has 2 heterocycles. The fraction of sp³-hybridized carbons (Fsp3) is 0.800. The third-order valence-electron chi connectivity index (χ3n) is 4.24. The van der Waals surface area contributed by atoms with E-state index in [2.05, 4.69) is 24.3 Å². The van der Waals surface area contributed by atoms with Crippen LogP contribution in [-0.2, 0) is 16.3 Å². The zero-order valence-electron chi connectivity index (χ0n) is 13.4. The fourth-order valence-electron chi connectivity index (χ4n) is 3.07. The second kappa shape index (κ2) is 6.92. The molecule has 21 heavy (non-hydrogen) atoms. The Labute approximate surface area is 128 Å². The summed E-state index contributed by atoms with van der Waals surface area (Å²) < 4.78 is 25.2. The van der Waals surface area contributed by atoms with E-state index in [1.54, 1.807) is 0 Å². The highest BCUT2D eigenvalue weighted by atomic mass is 32.2. The van der Waals surface area contributed by atoms with Gasteiger partial charge in [-0.3, -0.25) is 4.68 Å². The Balaban J connectivity index is 2.01. The van der Waals surface area contributed by atoms with Crippen molar-refractivity contribution in [2.75, 3.05) is 24.6 Å². The van der Waals surface area contributed by atoms with Gasteiger partial charge in [-0.1, -0.05) is 6.92 Å². The molecule has 1 N–H and O–H groups in total. The zero-order chi connectivity index (χ0) is 15.5. The van der Waals surface area contributed by atoms with E-state index < -0.39 is 9.84 Å². The lowest BCUT2D eigenvalue weighted by Crippen LogP contribution is -2.16. The topological polar surface area (TPSA) is 64.0 Å². The largest absolute Gasteiger partial charge is 0.317 e. The number of aryl methyl sites for hydroxylation is 1. The standard InChI is InChI=1S/C15H27N3O2S/c1-4-8-16-9-5-6-15-12(2)17-18(13(15)3)14-7-10-21(19,20)11-14/h14,16H,4-11H2,1-3H3. The summed E-state index contributed by atoms with van der Waals surface area (Å²) in [7, 11) is -2.86. The van der Waals surface area contributed by atoms with E-state index in [1.807, 2.05) is 11.6 Å². The Morgan fingerprint density at radius 2 is 2.10 bits per heavy atom. The molecule has 1 atom stereocenters. The van der Waals surface area contributed by atoms with Crippen LogP contribution in [0.25, 0.3) is 0 Å². The van der Waals surface area contributed by atoms with E-state index in [4.69, 9.17) is 0 Å². The molecule has 1 aliphatic heterocycles. The van der Waals surface area contributed by atoms with Crippen LogP contribution in [0.2, 0.25) is 0 Å². The third kappa shape index (κ3) is 4.07. The van der Waals surface area contributed by atoms with Gasteiger partial charge in [-0.05, 0) is 58.2 Å². The minimum Gasteiger partial charge on any atom is -0.317 e. The molecule has 0 amide bonds. The second-order valence-electron chi connectivity index (χ2n) is 6.00. The first kappa shape index (κ1) is 16.5. The Morgan fingerprint density at radius 1 is 1.33 bits per heavy atom. The first-order valence-electron chi connectivity index (χ1n) is 7.90. The first-order chi connectivity index (χ1) is 9.94. The van der Waals surface area contributed by atoms with E-state index in [-0.39, 0.29) is 11.8 Å². The first-order valence-corrected chi connectivity index (χ1v) is 9.72. The molecular formula is C15H27N3O2S. The maximum absolute atomic E-state index is 11.6. The second-order valence-corrected chi connectivity index (χ2v) is 8.23. The Kier molecular flexibility index (Phi) is 5.43. The lowest BCUT2D eigenvalue weighted by Gasteiger charge is -2.11. The average molecular weight is 313 g/mol. The monoisotopic (exact) mass is 313 g/mol. The van der Waals surface area contributed by atoms with E-state index in [1.165, 1.54) is 5.56 Å². The highest BCUT2D eigenvalue weighted by Crippen LogP contribution is 2.27. The van der Waals surface area contributed by atoms with Crippen LogP contribution in [0.3, 0.4) is 0 Å². The normalized spacial score (nSPS) is 21.0. The van der Waals surface area contributed by atoms with Crippen molar-refractivity contribution in [1.82, 2.24) is 15.1 Å². The molecule has 0 aromatic carbocycles. The molecule has 0 spiro atoms. The molecule has 0 saturated carbocycles. The van der Waals surface area contributed by atoms with Crippen molar-refractivity contribution in [3.8, 4) is 0 Å². The maximum atomic E-state index is 11.6. The molecule has 2 rings (SSSR count). The minimum atomic E-state index is -2.86. The Bertz CT molecular complexity index is 578. The summed E-state index contributed by atoms with van der Waals surface area (Å²) in [6.07, 6.45) is 3.96. The predicted molar refractivity (Wildman–Crippen MR) is 85.5 cm³/mol. The number of hydrogen-bond donors (Lipinski definition) is 1. The van der Waals surface area contributed by atoms with Crippen molar-refractivity contribution in [3.63, 3.8) is 0 Å². The van der Waals surface area contributed by atoms with Gasteiger partial charge < -0.3 is 5.32 Å². The lowest BCUT2D eigenvalue weighted by molar-refractivity contribution is 0.485. The number of hydrogen-bond acceptors (Lipinski definition) is 4. The van der Waals surface area contributed by atoms with Gasteiger partial charge in [0.1, 0.15) is 0 Å². The van der Waals surface area contributed by atoms with Crippen molar-refractivity contribution >= 4 is 9.84 Å². The van der Waals surface area contributed by atoms with Crippen molar-refractivity contribution in [1.29, 1.82) is 0 Å². The molecule has 1 unspecified atom stereocenters. The number of aromatic nitrogens is 2. The summed E-state index contributed by atoms with van der Waals surface area (Å²) in [5.41, 5.74) is 3.48. The highest BCUT2D eigenvalue weighted by molar-refractivity contribution is 7.91. The highest BCUT2D eigenvalue weighted by Gasteiger charge is 2.31. The van der Waals surface area contributed by atoms with Gasteiger partial charge in [-0.15, -0.1) is 0 Å². The van der Waals surface area contributed by atoms with Gasteiger partial charge in [0, 0.05) is 5.69 Å². The van der Waals surface area contributed by atoms with Crippen LogP contribution in [0.5, 0.6) is 0 Å². The lowest BCUT2D eigenvalue weighted by atomic mass is 10.1. The van der Waals surface area contributed by atoms with E-state index >= 15 is 0 Å². The minimum absolute atomic E-state index is 0.0284. The SMILES string of the molecule is CCCNCCCc1c(C)nn(C2CCS(=O)(=O)C2)c1C. The summed E-state index contributed by atoms with van der Waals surface area (Å²) >= 11 is 0. The molecule has 1 saturated heterocycles. The van der Waals surface area contributed by atoms with Gasteiger partial charge in [-0.25, -0.2) is 8.42 Å². The van der Waals surface area contributed by atoms with Gasteiger partial charge in [0.15, 0.2) is 9.84 Å². The molecule has 0 radical (unpaired) electrons. The fourth-order valence-corrected chi connectivity index (χ4v) is 4.77. The predicted octanol–water partition coefficient (Wildman–Crippen LogP) is 1.79. The van der Waals surface area contributed by atoms with E-state index in [0.717, 1.165) is 43.7 Å². The summed E-state index contributed by atoms with van der Waals surface area (Å²) in [4.78, 5) is 0. The summed E-state index contributed by atoms with van der Waals surface area (Å²) in [5.74, 6) is 0.540. The van der Waals surface area contributed by atoms with E-state index in [0.29, 0.717) is 12.2 Å². The molecule has 5 nitrogen and oxygen atoms in total. The third-order valence-corrected chi connectivity index (χ3v) is 5.99. The van der Waals surface area contributed by atoms with E-state index in [9.17, 15) is 8.42 Å². The van der Waals surface area contributed by atoms with Gasteiger partial charge in [0.25, 0.3) is 0 Å². The summed E-state index contributed by atoms with van der Waals surface area (Å²) in [6.45, 7) is 8.36. The molecular weight excluding hydrogens is 286 g/mol. The molecule has 120 valence electrons. The van der Waals surface area contributed by atoms with Gasteiger partial charge in [-0.2, -0.15) is 5.10 Å². The number of rotatable bonds is 7. The Hall–Kier alpha value is -0.880. The average Bonchev–Trinajstić information content (AvgIpc) is 2.91. The number of nitrogens with zero attached hydrogens (tertiary/aromatic N) is 2. The molecule has 0 aliphatic carbocycles. The zero-order valence-corrected chi connectivity index (χ0v) is 14.2. The summed E-state index contributed by atoms with van der Waals surface area (Å²) in [5, 5.41) is 8.01. The van der Waals surface area contributed by atoms with Gasteiger partial charge in [0.05, 0.1) is 23.2 Å². The van der Waals surface area contributed by atoms with Crippen molar-refractivity contribution < 1.29 is 8.42 Å². The van der Waals surface area contributed by atoms with Crippen molar-refractivity contribution in [2.24, 2.45) is 0 Å². The van der Waals surface area contributed by atoms with Crippen LogP contribution in [0.15, 0.2) is 0 Å². The van der Waals surface area contributed by atoms with Crippen LogP contribution in [0.1, 0.15) is 49.2 Å². The molecule has 1 aromatic rings.